The highest BCUT2D eigenvalue weighted by Gasteiger charge is 2.85. The maximum atomic E-state index is 14.2. The molecule has 5 rings (SSSR count). The summed E-state index contributed by atoms with van der Waals surface area (Å²) in [4.78, 5) is 58.1. The lowest BCUT2D eigenvalue weighted by Gasteiger charge is -2.39. The number of hydrogen-bond acceptors (Lipinski definition) is 5. The maximum absolute atomic E-state index is 14.2. The van der Waals surface area contributed by atoms with Crippen LogP contribution in [0.5, 0.6) is 0 Å². The van der Waals surface area contributed by atoms with E-state index in [1.54, 1.807) is 6.92 Å². The summed E-state index contributed by atoms with van der Waals surface area (Å²) in [6, 6.07) is -2.77. The fraction of sp³-hybridized carbons (Fsp3) is 0.824. The number of carbonyl (C=O) groups excluding carboxylic acids is 3. The number of carboxylic acid groups (broad SMARTS) is 1. The molecular formula is C34H54N4O5. The third-order valence-corrected chi connectivity index (χ3v) is 12.6. The molecule has 0 aromatic rings. The minimum atomic E-state index is -1.05. The van der Waals surface area contributed by atoms with Crippen molar-refractivity contribution < 1.29 is 24.3 Å². The predicted octanol–water partition coefficient (Wildman–Crippen LogP) is 4.26. The molecule has 5 fully saturated rings. The number of fused-ring (bicyclic) bond motifs is 1. The van der Waals surface area contributed by atoms with Crippen molar-refractivity contribution in [3.8, 4) is 0 Å². The fourth-order valence-electron chi connectivity index (χ4n) is 9.81. The van der Waals surface area contributed by atoms with Crippen LogP contribution in [0, 0.1) is 22.2 Å². The number of hydrogen-bond donors (Lipinski definition) is 3. The largest absolute Gasteiger partial charge is 0.480 e. The van der Waals surface area contributed by atoms with Crippen LogP contribution >= 0.6 is 0 Å². The normalized spacial score (nSPS) is 31.3. The lowest BCUT2D eigenvalue weighted by atomic mass is 9.73. The summed E-state index contributed by atoms with van der Waals surface area (Å²) in [5.74, 6) is -1.91. The second-order valence-corrected chi connectivity index (χ2v) is 15.2. The molecule has 240 valence electrons. The monoisotopic (exact) mass is 598 g/mol. The Morgan fingerprint density at radius 1 is 0.884 bits per heavy atom. The number of carboxylic acids is 1. The van der Waals surface area contributed by atoms with Gasteiger partial charge in [0, 0.05) is 18.0 Å². The Morgan fingerprint density at radius 3 is 2.07 bits per heavy atom. The quantitative estimate of drug-likeness (QED) is 0.342. The van der Waals surface area contributed by atoms with Crippen LogP contribution in [0.1, 0.15) is 112 Å². The number of carbonyl (C=O) groups is 4. The van der Waals surface area contributed by atoms with Gasteiger partial charge in [0.2, 0.25) is 17.7 Å². The second-order valence-electron chi connectivity index (χ2n) is 15.2. The Labute approximate surface area is 257 Å². The fourth-order valence-corrected chi connectivity index (χ4v) is 9.81. The number of piperidine rings is 1. The van der Waals surface area contributed by atoms with Gasteiger partial charge in [0.1, 0.15) is 18.1 Å². The van der Waals surface area contributed by atoms with Crippen molar-refractivity contribution in [1.82, 2.24) is 20.4 Å². The molecular weight excluding hydrogens is 544 g/mol. The van der Waals surface area contributed by atoms with Gasteiger partial charge in [-0.3, -0.25) is 19.3 Å². The molecule has 2 aliphatic heterocycles. The molecule has 5 aliphatic rings. The van der Waals surface area contributed by atoms with E-state index in [1.807, 2.05) is 0 Å². The number of nitrogens with zero attached hydrogens (tertiary/aromatic N) is 2. The first-order valence-corrected chi connectivity index (χ1v) is 16.8. The molecule has 2 heterocycles. The second kappa shape index (κ2) is 11.8. The highest BCUT2D eigenvalue weighted by Crippen LogP contribution is 2.88. The molecule has 43 heavy (non-hydrogen) atoms. The van der Waals surface area contributed by atoms with E-state index in [4.69, 9.17) is 0 Å². The SMILES string of the molecule is C=C(C)[C@H](NC(=O)[C@@H](NC(=O)C1CCCCN1C(C)C)C1CCCCC1)C(=O)N1C[C@]2(C[C@H]1C(=O)O)C(C)(C)C21CCC1. The van der Waals surface area contributed by atoms with Crippen molar-refractivity contribution in [1.29, 1.82) is 0 Å². The van der Waals surface area contributed by atoms with Gasteiger partial charge in [-0.05, 0) is 94.6 Å². The van der Waals surface area contributed by atoms with E-state index in [2.05, 4.69) is 49.8 Å². The highest BCUT2D eigenvalue weighted by atomic mass is 16.4. The zero-order valence-electron chi connectivity index (χ0n) is 27.0. The summed E-state index contributed by atoms with van der Waals surface area (Å²) in [6.07, 6.45) is 11.4. The van der Waals surface area contributed by atoms with Crippen LogP contribution in [0.4, 0.5) is 0 Å². The van der Waals surface area contributed by atoms with Crippen LogP contribution in [0.3, 0.4) is 0 Å². The van der Waals surface area contributed by atoms with E-state index in [1.165, 1.54) is 4.90 Å². The zero-order chi connectivity index (χ0) is 31.3. The summed E-state index contributed by atoms with van der Waals surface area (Å²) in [5, 5.41) is 16.3. The van der Waals surface area contributed by atoms with Gasteiger partial charge in [-0.1, -0.05) is 52.5 Å². The molecule has 5 atom stereocenters. The van der Waals surface area contributed by atoms with E-state index >= 15 is 0 Å². The first-order chi connectivity index (χ1) is 20.3. The van der Waals surface area contributed by atoms with Gasteiger partial charge in [-0.25, -0.2) is 4.79 Å². The van der Waals surface area contributed by atoms with Crippen molar-refractivity contribution in [2.24, 2.45) is 22.2 Å². The molecule has 2 saturated heterocycles. The molecule has 1 unspecified atom stereocenters. The lowest BCUT2D eigenvalue weighted by Crippen LogP contribution is -2.60. The highest BCUT2D eigenvalue weighted by molar-refractivity contribution is 5.96. The van der Waals surface area contributed by atoms with E-state index in [0.29, 0.717) is 18.5 Å². The Hall–Kier alpha value is -2.42. The molecule has 3 aliphatic carbocycles. The van der Waals surface area contributed by atoms with E-state index in [-0.39, 0.29) is 46.1 Å². The summed E-state index contributed by atoms with van der Waals surface area (Å²) in [6.45, 7) is 15.6. The smallest absolute Gasteiger partial charge is 0.326 e. The van der Waals surface area contributed by atoms with E-state index in [9.17, 15) is 24.3 Å². The number of amides is 3. The molecule has 0 aromatic heterocycles. The van der Waals surface area contributed by atoms with Gasteiger partial charge in [0.15, 0.2) is 0 Å². The number of rotatable bonds is 9. The Balaban J connectivity index is 1.35. The van der Waals surface area contributed by atoms with Crippen LogP contribution in [0.15, 0.2) is 12.2 Å². The molecule has 3 N–H and O–H groups in total. The predicted molar refractivity (Wildman–Crippen MR) is 165 cm³/mol. The average molecular weight is 599 g/mol. The lowest BCUT2D eigenvalue weighted by molar-refractivity contribution is -0.149. The minimum Gasteiger partial charge on any atom is -0.480 e. The molecule has 9 heteroatoms. The Morgan fingerprint density at radius 2 is 1.53 bits per heavy atom. The van der Waals surface area contributed by atoms with Crippen LogP contribution in [0.25, 0.3) is 0 Å². The average Bonchev–Trinajstić information content (AvgIpc) is 3.18. The van der Waals surface area contributed by atoms with Gasteiger partial charge < -0.3 is 20.6 Å². The van der Waals surface area contributed by atoms with Gasteiger partial charge in [0.05, 0.1) is 6.04 Å². The maximum Gasteiger partial charge on any atom is 0.326 e. The van der Waals surface area contributed by atoms with E-state index in [0.717, 1.165) is 77.2 Å². The van der Waals surface area contributed by atoms with Crippen LogP contribution in [-0.2, 0) is 19.2 Å². The van der Waals surface area contributed by atoms with Gasteiger partial charge >= 0.3 is 5.97 Å². The number of nitrogens with one attached hydrogen (secondary N) is 2. The molecule has 3 saturated carbocycles. The molecule has 9 nitrogen and oxygen atoms in total. The molecule has 2 spiro atoms. The number of aliphatic carboxylic acids is 1. The van der Waals surface area contributed by atoms with Crippen molar-refractivity contribution in [3.05, 3.63) is 12.2 Å². The Kier molecular flexibility index (Phi) is 8.80. The van der Waals surface area contributed by atoms with Crippen molar-refractivity contribution in [2.45, 2.75) is 142 Å². The topological polar surface area (TPSA) is 119 Å². The van der Waals surface area contributed by atoms with E-state index < -0.39 is 30.0 Å². The standard InChI is InChI=1S/C34H54N4O5/c1-21(2)26(30(41)38-20-34(19-25(38)31(42)43)32(5,6)33(34)16-12-17-33)35-29(40)27(23-13-8-7-9-14-23)36-28(39)24-15-10-11-18-37(24)22(3)4/h22-27H,1,7-20H2,2-6H3,(H,35,40)(H,36,39)(H,42,43)/t24?,25-,26-,27-,34+/m0/s1. The van der Waals surface area contributed by atoms with Crippen LogP contribution in [-0.4, -0.2) is 81.9 Å². The van der Waals surface area contributed by atoms with Crippen LogP contribution in [0.2, 0.25) is 0 Å². The third-order valence-electron chi connectivity index (χ3n) is 12.6. The third kappa shape index (κ3) is 5.21. The molecule has 3 amide bonds. The van der Waals surface area contributed by atoms with Gasteiger partial charge in [-0.15, -0.1) is 0 Å². The zero-order valence-corrected chi connectivity index (χ0v) is 27.0. The summed E-state index contributed by atoms with van der Waals surface area (Å²) >= 11 is 0. The van der Waals surface area contributed by atoms with Gasteiger partial charge in [0.25, 0.3) is 0 Å². The minimum absolute atomic E-state index is 0.0118. The van der Waals surface area contributed by atoms with Crippen molar-refractivity contribution in [3.63, 3.8) is 0 Å². The first kappa shape index (κ1) is 32.0. The van der Waals surface area contributed by atoms with Crippen molar-refractivity contribution >= 4 is 23.7 Å². The molecule has 0 aromatic carbocycles. The van der Waals surface area contributed by atoms with Gasteiger partial charge in [-0.2, -0.15) is 0 Å². The number of likely N-dealkylation sites (tertiary alicyclic amines) is 2. The molecule has 0 radical (unpaired) electrons. The summed E-state index contributed by atoms with van der Waals surface area (Å²) in [7, 11) is 0. The Bertz CT molecular complexity index is 1140. The first-order valence-electron chi connectivity index (χ1n) is 16.8. The summed E-state index contributed by atoms with van der Waals surface area (Å²) in [5.41, 5.74) is 0.331. The molecule has 0 bridgehead atoms. The van der Waals surface area contributed by atoms with Crippen molar-refractivity contribution in [2.75, 3.05) is 13.1 Å². The summed E-state index contributed by atoms with van der Waals surface area (Å²) < 4.78 is 0. The van der Waals surface area contributed by atoms with Crippen LogP contribution < -0.4 is 10.6 Å².